The van der Waals surface area contributed by atoms with Crippen LogP contribution in [0.3, 0.4) is 0 Å². The average Bonchev–Trinajstić information content (AvgIpc) is 2.80. The van der Waals surface area contributed by atoms with E-state index in [0.29, 0.717) is 0 Å². The highest BCUT2D eigenvalue weighted by atomic mass is 79.9. The second-order valence-corrected chi connectivity index (χ2v) is 7.22. The van der Waals surface area contributed by atoms with Gasteiger partial charge in [-0.2, -0.15) is 4.39 Å². The highest BCUT2D eigenvalue weighted by molar-refractivity contribution is 9.10. The first-order valence-electron chi connectivity index (χ1n) is 8.60. The lowest BCUT2D eigenvalue weighted by Gasteiger charge is -2.31. The Bertz CT molecular complexity index is 477. The predicted molar refractivity (Wildman–Crippen MR) is 91.4 cm³/mol. The first-order valence-corrected chi connectivity index (χ1v) is 9.39. The van der Waals surface area contributed by atoms with E-state index in [1.165, 1.54) is 23.9 Å². The lowest BCUT2D eigenvalue weighted by Crippen LogP contribution is -2.31. The average molecular weight is 397 g/mol. The predicted octanol–water partition coefficient (Wildman–Crippen LogP) is 6.99. The summed E-state index contributed by atoms with van der Waals surface area (Å²) in [6, 6.07) is 0. The zero-order chi connectivity index (χ0) is 17.5. The van der Waals surface area contributed by atoms with E-state index in [-0.39, 0.29) is 4.60 Å². The number of nitrogens with zero attached hydrogens (tertiary/aromatic N) is 2. The van der Waals surface area contributed by atoms with E-state index in [1.807, 2.05) is 6.92 Å². The van der Waals surface area contributed by atoms with Crippen molar-refractivity contribution in [3.05, 3.63) is 16.1 Å². The minimum atomic E-state index is -2.86. The molecule has 0 bridgehead atoms. The molecule has 1 heterocycles. The number of hydrogen-bond donors (Lipinski definition) is 0. The van der Waals surface area contributed by atoms with Crippen LogP contribution in [0, 0.1) is 5.95 Å². The number of aromatic nitrogens is 2. The van der Waals surface area contributed by atoms with Gasteiger partial charge in [0.15, 0.2) is 0 Å². The summed E-state index contributed by atoms with van der Waals surface area (Å²) in [4.78, 5) is 0. The Morgan fingerprint density at radius 3 is 2.13 bits per heavy atom. The lowest BCUT2D eigenvalue weighted by atomic mass is 9.88. The van der Waals surface area contributed by atoms with Crippen molar-refractivity contribution >= 4 is 15.9 Å². The first kappa shape index (κ1) is 20.5. The summed E-state index contributed by atoms with van der Waals surface area (Å²) in [5.41, 5.74) is -1.06. The molecule has 1 atom stereocenters. The summed E-state index contributed by atoms with van der Waals surface area (Å²) in [7, 11) is 0. The molecule has 0 N–H and O–H groups in total. The van der Waals surface area contributed by atoms with E-state index in [4.69, 9.17) is 0 Å². The molecule has 1 aromatic heterocycles. The maximum absolute atomic E-state index is 13.8. The van der Waals surface area contributed by atoms with Crippen LogP contribution in [0.1, 0.15) is 90.5 Å². The minimum absolute atomic E-state index is 0.0807. The van der Waals surface area contributed by atoms with Crippen LogP contribution >= 0.6 is 15.9 Å². The molecule has 0 amide bonds. The van der Waals surface area contributed by atoms with E-state index in [2.05, 4.69) is 34.9 Å². The normalized spacial score (nSPS) is 14.4. The summed E-state index contributed by atoms with van der Waals surface area (Å²) in [6.45, 7) is 6.25. The Morgan fingerprint density at radius 2 is 1.61 bits per heavy atom. The molecule has 0 aliphatic rings. The van der Waals surface area contributed by atoms with Crippen LogP contribution in [-0.2, 0) is 5.54 Å². The molecule has 2 nitrogen and oxygen atoms in total. The van der Waals surface area contributed by atoms with Crippen molar-refractivity contribution in [1.29, 1.82) is 0 Å². The third-order valence-corrected chi connectivity index (χ3v) is 5.20. The molecular weight excluding hydrogens is 369 g/mol. The quantitative estimate of drug-likeness (QED) is 0.368. The van der Waals surface area contributed by atoms with Crippen molar-refractivity contribution in [2.75, 3.05) is 0 Å². The zero-order valence-corrected chi connectivity index (χ0v) is 15.9. The van der Waals surface area contributed by atoms with Crippen LogP contribution in [0.5, 0.6) is 0 Å². The zero-order valence-electron chi connectivity index (χ0n) is 14.3. The Labute approximate surface area is 146 Å². The van der Waals surface area contributed by atoms with Crippen LogP contribution in [0.25, 0.3) is 0 Å². The molecule has 1 rings (SSSR count). The van der Waals surface area contributed by atoms with Gasteiger partial charge < -0.3 is 0 Å². The van der Waals surface area contributed by atoms with Gasteiger partial charge in [-0.1, -0.05) is 58.8 Å². The molecule has 134 valence electrons. The molecule has 0 radical (unpaired) electrons. The van der Waals surface area contributed by atoms with Crippen LogP contribution in [0.2, 0.25) is 0 Å². The topological polar surface area (TPSA) is 17.8 Å². The minimum Gasteiger partial charge on any atom is -0.249 e. The lowest BCUT2D eigenvalue weighted by molar-refractivity contribution is 0.145. The molecule has 0 saturated heterocycles. The number of alkyl halides is 2. The molecule has 0 saturated carbocycles. The van der Waals surface area contributed by atoms with E-state index in [9.17, 15) is 13.2 Å². The van der Waals surface area contributed by atoms with Gasteiger partial charge in [-0.05, 0) is 35.7 Å². The van der Waals surface area contributed by atoms with Gasteiger partial charge in [-0.3, -0.25) is 0 Å². The van der Waals surface area contributed by atoms with Crippen molar-refractivity contribution in [1.82, 2.24) is 9.78 Å². The fourth-order valence-corrected chi connectivity index (χ4v) is 3.77. The van der Waals surface area contributed by atoms with Gasteiger partial charge in [-0.25, -0.2) is 13.5 Å². The van der Waals surface area contributed by atoms with Gasteiger partial charge >= 0.3 is 0 Å². The van der Waals surface area contributed by atoms with Gasteiger partial charge in [0.25, 0.3) is 6.43 Å². The fraction of sp³-hybridized carbons (Fsp3) is 0.824. The van der Waals surface area contributed by atoms with Gasteiger partial charge in [0.05, 0.1) is 5.54 Å². The summed E-state index contributed by atoms with van der Waals surface area (Å²) < 4.78 is 41.4. The third-order valence-electron chi connectivity index (χ3n) is 4.44. The summed E-state index contributed by atoms with van der Waals surface area (Å²) >= 11 is 3.14. The van der Waals surface area contributed by atoms with Crippen LogP contribution in [0.15, 0.2) is 4.60 Å². The Hall–Kier alpha value is -0.520. The molecule has 0 aliphatic heterocycles. The highest BCUT2D eigenvalue weighted by Crippen LogP contribution is 2.37. The molecule has 0 aromatic carbocycles. The molecule has 1 aromatic rings. The van der Waals surface area contributed by atoms with Crippen molar-refractivity contribution < 1.29 is 13.2 Å². The summed E-state index contributed by atoms with van der Waals surface area (Å²) in [6.07, 6.45) is 6.41. The third kappa shape index (κ3) is 5.50. The maximum atomic E-state index is 13.8. The molecule has 23 heavy (non-hydrogen) atoms. The molecule has 1 unspecified atom stereocenters. The Kier molecular flexibility index (Phi) is 8.65. The molecule has 0 spiro atoms. The Balaban J connectivity index is 2.94. The Morgan fingerprint density at radius 1 is 1.04 bits per heavy atom. The summed E-state index contributed by atoms with van der Waals surface area (Å²) in [5, 5.41) is 3.79. The van der Waals surface area contributed by atoms with Crippen molar-refractivity contribution in [2.24, 2.45) is 0 Å². The smallest absolute Gasteiger partial charge is 0.249 e. The maximum Gasteiger partial charge on any atom is 0.270 e. The number of unbranched alkanes of at least 4 members (excludes halogenated alkanes) is 5. The van der Waals surface area contributed by atoms with E-state index < -0.39 is 23.5 Å². The number of hydrogen-bond acceptors (Lipinski definition) is 1. The molecule has 6 heteroatoms. The monoisotopic (exact) mass is 396 g/mol. The second kappa shape index (κ2) is 9.70. The van der Waals surface area contributed by atoms with Crippen molar-refractivity contribution in [3.8, 4) is 0 Å². The first-order chi connectivity index (χ1) is 10.9. The molecular formula is C17H28BrF3N2. The van der Waals surface area contributed by atoms with Crippen LogP contribution in [-0.4, -0.2) is 9.78 Å². The molecule has 0 aliphatic carbocycles. The van der Waals surface area contributed by atoms with E-state index >= 15 is 0 Å². The largest absolute Gasteiger partial charge is 0.270 e. The van der Waals surface area contributed by atoms with Crippen LogP contribution in [0.4, 0.5) is 13.2 Å². The second-order valence-electron chi connectivity index (χ2n) is 6.47. The van der Waals surface area contributed by atoms with Gasteiger partial charge in [0.2, 0.25) is 5.95 Å². The standard InChI is InChI=1S/C17H28BrF3N2/c1-4-6-8-9-10-12-17(3,11-7-5-2)23-14(18)13(15(19)20)16(21)22-23/h15H,4-12H2,1-3H3. The number of halogens is 4. The molecule has 0 fully saturated rings. The van der Waals surface area contributed by atoms with Crippen molar-refractivity contribution in [3.63, 3.8) is 0 Å². The SMILES string of the molecule is CCCCCCCC(C)(CCCC)n1nc(F)c(C(F)F)c1Br. The van der Waals surface area contributed by atoms with Gasteiger partial charge in [0.1, 0.15) is 10.2 Å². The van der Waals surface area contributed by atoms with E-state index in [0.717, 1.165) is 38.5 Å². The fourth-order valence-electron chi connectivity index (χ4n) is 2.93. The highest BCUT2D eigenvalue weighted by Gasteiger charge is 2.33. The van der Waals surface area contributed by atoms with Crippen LogP contribution < -0.4 is 0 Å². The van der Waals surface area contributed by atoms with Crippen molar-refractivity contribution in [2.45, 2.75) is 90.5 Å². The summed E-state index contributed by atoms with van der Waals surface area (Å²) in [5.74, 6) is -1.07. The van der Waals surface area contributed by atoms with E-state index in [1.54, 1.807) is 0 Å². The van der Waals surface area contributed by atoms with Gasteiger partial charge in [-0.15, -0.1) is 5.10 Å². The number of rotatable bonds is 11. The van der Waals surface area contributed by atoms with Gasteiger partial charge in [0, 0.05) is 0 Å².